The first kappa shape index (κ1) is 18.7. The summed E-state index contributed by atoms with van der Waals surface area (Å²) in [5.74, 6) is -2.11. The Balaban J connectivity index is 1.59. The Morgan fingerprint density at radius 1 is 1.14 bits per heavy atom. The van der Waals surface area contributed by atoms with Crippen molar-refractivity contribution >= 4 is 23.6 Å². The molecule has 3 aliphatic heterocycles. The number of imide groups is 2. The molecule has 0 bridgehead atoms. The summed E-state index contributed by atoms with van der Waals surface area (Å²) in [6.07, 6.45) is -0.522. The number of alkyl halides is 1. The minimum absolute atomic E-state index is 0.0761. The van der Waals surface area contributed by atoms with Gasteiger partial charge in [0.05, 0.1) is 11.1 Å². The molecule has 0 spiro atoms. The molecule has 28 heavy (non-hydrogen) atoms. The second-order valence-electron chi connectivity index (χ2n) is 7.49. The van der Waals surface area contributed by atoms with Crippen molar-refractivity contribution in [3.8, 4) is 0 Å². The highest BCUT2D eigenvalue weighted by Crippen LogP contribution is 2.31. The molecule has 3 atom stereocenters. The molecule has 8 nitrogen and oxygen atoms in total. The van der Waals surface area contributed by atoms with Gasteiger partial charge in [-0.05, 0) is 24.5 Å². The van der Waals surface area contributed by atoms with Crippen molar-refractivity contribution in [1.29, 1.82) is 0 Å². The zero-order valence-corrected chi connectivity index (χ0v) is 15.2. The summed E-state index contributed by atoms with van der Waals surface area (Å²) < 4.78 is 13.6. The molecule has 2 fully saturated rings. The summed E-state index contributed by atoms with van der Waals surface area (Å²) >= 11 is 0. The maximum Gasteiger partial charge on any atom is 0.262 e. The van der Waals surface area contributed by atoms with Gasteiger partial charge in [-0.3, -0.25) is 34.3 Å². The minimum Gasteiger partial charge on any atom is -0.324 e. The fourth-order valence-corrected chi connectivity index (χ4v) is 4.12. The van der Waals surface area contributed by atoms with E-state index in [9.17, 15) is 23.6 Å². The number of nitrogens with zero attached hydrogens (tertiary/aromatic N) is 2. The van der Waals surface area contributed by atoms with Crippen LogP contribution in [0.5, 0.6) is 0 Å². The van der Waals surface area contributed by atoms with Crippen LogP contribution in [0.3, 0.4) is 0 Å². The van der Waals surface area contributed by atoms with E-state index in [2.05, 4.69) is 5.32 Å². The third kappa shape index (κ3) is 3.10. The number of benzene rings is 1. The lowest BCUT2D eigenvalue weighted by molar-refractivity contribution is -0.136. The summed E-state index contributed by atoms with van der Waals surface area (Å²) in [7, 11) is 0. The molecule has 3 heterocycles. The molecular weight excluding hydrogens is 367 g/mol. The summed E-state index contributed by atoms with van der Waals surface area (Å²) in [6, 6.07) is 3.43. The average Bonchev–Trinajstić information content (AvgIpc) is 2.90. The van der Waals surface area contributed by atoms with E-state index in [-0.39, 0.29) is 24.0 Å². The second-order valence-corrected chi connectivity index (χ2v) is 7.49. The van der Waals surface area contributed by atoms with Gasteiger partial charge in [-0.25, -0.2) is 4.39 Å². The molecule has 2 saturated heterocycles. The van der Waals surface area contributed by atoms with E-state index in [1.807, 2.05) is 4.90 Å². The highest BCUT2D eigenvalue weighted by molar-refractivity contribution is 6.24. The first-order valence-corrected chi connectivity index (χ1v) is 9.32. The Kier molecular flexibility index (Phi) is 4.72. The Bertz CT molecular complexity index is 873. The van der Waals surface area contributed by atoms with Crippen LogP contribution in [0.1, 0.15) is 45.5 Å². The van der Waals surface area contributed by atoms with Gasteiger partial charge in [0, 0.05) is 32.1 Å². The van der Waals surface area contributed by atoms with Gasteiger partial charge in [0.1, 0.15) is 12.2 Å². The molecule has 1 aromatic rings. The van der Waals surface area contributed by atoms with Crippen LogP contribution in [0, 0.1) is 0 Å². The van der Waals surface area contributed by atoms with Crippen molar-refractivity contribution in [3.05, 3.63) is 34.9 Å². The van der Waals surface area contributed by atoms with E-state index in [1.165, 1.54) is 0 Å². The fourth-order valence-electron chi connectivity index (χ4n) is 4.12. The molecule has 1 aromatic carbocycles. The predicted octanol–water partition coefficient (Wildman–Crippen LogP) is -0.0411. The first-order valence-electron chi connectivity index (χ1n) is 9.32. The monoisotopic (exact) mass is 388 g/mol. The lowest BCUT2D eigenvalue weighted by Gasteiger charge is -2.33. The second kappa shape index (κ2) is 7.06. The number of carbonyl (C=O) groups is 4. The largest absolute Gasteiger partial charge is 0.324 e. The molecule has 148 valence electrons. The van der Waals surface area contributed by atoms with Crippen molar-refractivity contribution in [2.45, 2.75) is 44.1 Å². The van der Waals surface area contributed by atoms with E-state index in [0.29, 0.717) is 31.6 Å². The van der Waals surface area contributed by atoms with E-state index in [1.54, 1.807) is 18.2 Å². The van der Waals surface area contributed by atoms with Crippen molar-refractivity contribution in [1.82, 2.24) is 15.1 Å². The molecule has 0 radical (unpaired) electrons. The van der Waals surface area contributed by atoms with Gasteiger partial charge in [0.25, 0.3) is 11.8 Å². The number of amides is 4. The van der Waals surface area contributed by atoms with Crippen molar-refractivity contribution in [3.63, 3.8) is 0 Å². The van der Waals surface area contributed by atoms with Crippen LogP contribution in [0.15, 0.2) is 18.2 Å². The van der Waals surface area contributed by atoms with Crippen LogP contribution in [0.2, 0.25) is 0 Å². The zero-order valence-electron chi connectivity index (χ0n) is 15.2. The van der Waals surface area contributed by atoms with Crippen LogP contribution in [0.25, 0.3) is 0 Å². The normalized spacial score (nSPS) is 28.5. The quantitative estimate of drug-likeness (QED) is 0.703. The molecule has 3 aliphatic rings. The molecule has 0 saturated carbocycles. The number of rotatable bonds is 3. The van der Waals surface area contributed by atoms with Crippen molar-refractivity contribution < 1.29 is 23.6 Å². The van der Waals surface area contributed by atoms with Gasteiger partial charge in [-0.15, -0.1) is 0 Å². The van der Waals surface area contributed by atoms with Crippen LogP contribution < -0.4 is 11.1 Å². The third-order valence-corrected chi connectivity index (χ3v) is 5.60. The van der Waals surface area contributed by atoms with Crippen molar-refractivity contribution in [2.75, 3.05) is 13.1 Å². The van der Waals surface area contributed by atoms with E-state index in [0.717, 1.165) is 4.90 Å². The van der Waals surface area contributed by atoms with Gasteiger partial charge in [0.2, 0.25) is 11.8 Å². The minimum atomic E-state index is -1.04. The Labute approximate surface area is 160 Å². The number of nitrogens with two attached hydrogens (primary N) is 1. The van der Waals surface area contributed by atoms with Crippen LogP contribution in [-0.2, 0) is 16.1 Å². The molecule has 4 amide bonds. The Morgan fingerprint density at radius 2 is 1.93 bits per heavy atom. The maximum absolute atomic E-state index is 13.6. The summed E-state index contributed by atoms with van der Waals surface area (Å²) in [4.78, 5) is 52.3. The summed E-state index contributed by atoms with van der Waals surface area (Å²) in [5, 5.41) is 2.18. The molecular formula is C19H21FN4O4. The zero-order chi connectivity index (χ0) is 20.0. The Morgan fingerprint density at radius 3 is 2.64 bits per heavy atom. The number of hydrogen-bond donors (Lipinski definition) is 2. The van der Waals surface area contributed by atoms with Gasteiger partial charge >= 0.3 is 0 Å². The highest BCUT2D eigenvalue weighted by Gasteiger charge is 2.45. The molecule has 4 rings (SSSR count). The molecule has 0 aromatic heterocycles. The van der Waals surface area contributed by atoms with Gasteiger partial charge in [-0.2, -0.15) is 0 Å². The number of hydrogen-bond acceptors (Lipinski definition) is 6. The molecule has 9 heteroatoms. The SMILES string of the molecule is N[C@@H]1CN(Cc2cccc3c2C(=O)N(C2CCC(=O)NC2=O)C3=O)CC[C@H]1F. The van der Waals surface area contributed by atoms with Crippen molar-refractivity contribution in [2.24, 2.45) is 5.73 Å². The lowest BCUT2D eigenvalue weighted by atomic mass is 9.99. The number of piperidine rings is 2. The van der Waals surface area contributed by atoms with E-state index >= 15 is 0 Å². The smallest absolute Gasteiger partial charge is 0.262 e. The standard InChI is InChI=1S/C19H21FN4O4/c20-12-6-7-23(9-13(12)21)8-10-2-1-3-11-16(10)19(28)24(18(11)27)14-4-5-15(25)22-17(14)26/h1-3,12-14H,4-9,21H2,(H,22,25,26)/t12-,13-,14?/m1/s1. The maximum atomic E-state index is 13.6. The van der Waals surface area contributed by atoms with E-state index in [4.69, 9.17) is 5.73 Å². The fraction of sp³-hybridized carbons (Fsp3) is 0.474. The average molecular weight is 388 g/mol. The van der Waals surface area contributed by atoms with Crippen LogP contribution in [0.4, 0.5) is 4.39 Å². The number of likely N-dealkylation sites (tertiary alicyclic amines) is 1. The number of nitrogens with one attached hydrogen (secondary N) is 1. The summed E-state index contributed by atoms with van der Waals surface area (Å²) in [5.41, 5.74) is 6.98. The van der Waals surface area contributed by atoms with Gasteiger partial charge in [-0.1, -0.05) is 12.1 Å². The number of halogens is 1. The van der Waals surface area contributed by atoms with Gasteiger partial charge < -0.3 is 5.73 Å². The van der Waals surface area contributed by atoms with Crippen LogP contribution in [-0.4, -0.2) is 64.8 Å². The van der Waals surface area contributed by atoms with E-state index < -0.39 is 41.9 Å². The van der Waals surface area contributed by atoms with Gasteiger partial charge in [0.15, 0.2) is 0 Å². The molecule has 3 N–H and O–H groups in total. The predicted molar refractivity (Wildman–Crippen MR) is 95.9 cm³/mol. The first-order chi connectivity index (χ1) is 13.4. The lowest BCUT2D eigenvalue weighted by Crippen LogP contribution is -2.54. The highest BCUT2D eigenvalue weighted by atomic mass is 19.1. The topological polar surface area (TPSA) is 113 Å². The number of carbonyl (C=O) groups excluding carboxylic acids is 4. The molecule has 0 aliphatic carbocycles. The number of fused-ring (bicyclic) bond motifs is 1. The molecule has 1 unspecified atom stereocenters. The summed E-state index contributed by atoms with van der Waals surface area (Å²) in [6.45, 7) is 1.24. The van der Waals surface area contributed by atoms with Crippen LogP contribution >= 0.6 is 0 Å². The Hall–Kier alpha value is -2.65. The third-order valence-electron chi connectivity index (χ3n) is 5.60.